The van der Waals surface area contributed by atoms with Crippen LogP contribution in [0.3, 0.4) is 0 Å². The molecule has 0 saturated carbocycles. The zero-order valence-corrected chi connectivity index (χ0v) is 10.5. The first-order chi connectivity index (χ1) is 8.47. The number of hydrogen-bond acceptors (Lipinski definition) is 5. The van der Waals surface area contributed by atoms with Crippen molar-refractivity contribution in [3.63, 3.8) is 0 Å². The first-order valence-corrected chi connectivity index (χ1v) is 5.53. The Bertz CT molecular complexity index is 441. The van der Waals surface area contributed by atoms with Gasteiger partial charge in [0, 0.05) is 26.9 Å². The van der Waals surface area contributed by atoms with Crippen molar-refractivity contribution in [3.8, 4) is 0 Å². The predicted molar refractivity (Wildman–Crippen MR) is 63.1 cm³/mol. The Kier molecular flexibility index (Phi) is 4.78. The van der Waals surface area contributed by atoms with Crippen molar-refractivity contribution in [2.24, 2.45) is 5.73 Å². The van der Waals surface area contributed by atoms with E-state index in [-0.39, 0.29) is 18.0 Å². The van der Waals surface area contributed by atoms with E-state index in [1.165, 1.54) is 9.58 Å². The van der Waals surface area contributed by atoms with E-state index in [2.05, 4.69) is 10.3 Å². The Labute approximate surface area is 104 Å². The highest BCUT2D eigenvalue weighted by atomic mass is 16.4. The van der Waals surface area contributed by atoms with Gasteiger partial charge in [-0.25, -0.2) is 9.48 Å². The van der Waals surface area contributed by atoms with Crippen LogP contribution >= 0.6 is 0 Å². The summed E-state index contributed by atoms with van der Waals surface area (Å²) >= 11 is 0. The molecular weight excluding hydrogens is 238 g/mol. The first kappa shape index (κ1) is 14.1. The molecule has 0 bridgehead atoms. The third kappa shape index (κ3) is 3.27. The van der Waals surface area contributed by atoms with E-state index in [1.54, 1.807) is 14.1 Å². The number of hydrogen-bond donors (Lipinski definition) is 2. The third-order valence-corrected chi connectivity index (χ3v) is 2.46. The minimum Gasteiger partial charge on any atom is -0.476 e. The van der Waals surface area contributed by atoms with Crippen molar-refractivity contribution in [3.05, 3.63) is 11.4 Å². The van der Waals surface area contributed by atoms with Gasteiger partial charge in [0.1, 0.15) is 0 Å². The fourth-order valence-corrected chi connectivity index (χ4v) is 1.49. The Morgan fingerprint density at radius 3 is 2.61 bits per heavy atom. The monoisotopic (exact) mass is 255 g/mol. The molecule has 8 heteroatoms. The fourth-order valence-electron chi connectivity index (χ4n) is 1.49. The molecule has 1 amide bonds. The Hall–Kier alpha value is -1.96. The number of carbonyl (C=O) groups is 2. The van der Waals surface area contributed by atoms with Gasteiger partial charge in [0.2, 0.25) is 5.91 Å². The molecule has 0 aliphatic rings. The largest absolute Gasteiger partial charge is 0.476 e. The molecule has 1 rings (SSSR count). The van der Waals surface area contributed by atoms with Gasteiger partial charge in [0.05, 0.1) is 12.2 Å². The average molecular weight is 255 g/mol. The Morgan fingerprint density at radius 1 is 1.44 bits per heavy atom. The summed E-state index contributed by atoms with van der Waals surface area (Å²) in [6.07, 6.45) is 0.609. The van der Waals surface area contributed by atoms with E-state index in [4.69, 9.17) is 10.8 Å². The number of aromatic carboxylic acids is 1. The number of carboxylic acid groups (broad SMARTS) is 1. The van der Waals surface area contributed by atoms with Crippen LogP contribution in [0.15, 0.2) is 0 Å². The molecule has 100 valence electrons. The van der Waals surface area contributed by atoms with E-state index >= 15 is 0 Å². The zero-order valence-electron chi connectivity index (χ0n) is 10.5. The summed E-state index contributed by atoms with van der Waals surface area (Å²) in [5.74, 6) is -1.19. The van der Waals surface area contributed by atoms with Crippen molar-refractivity contribution >= 4 is 11.9 Å². The van der Waals surface area contributed by atoms with E-state index in [9.17, 15) is 9.59 Å². The summed E-state index contributed by atoms with van der Waals surface area (Å²) in [4.78, 5) is 23.8. The van der Waals surface area contributed by atoms with Gasteiger partial charge in [-0.15, -0.1) is 5.10 Å². The molecule has 0 aliphatic heterocycles. The van der Waals surface area contributed by atoms with Crippen molar-refractivity contribution in [1.82, 2.24) is 19.9 Å². The Morgan fingerprint density at radius 2 is 2.11 bits per heavy atom. The normalized spacial score (nSPS) is 10.4. The average Bonchev–Trinajstić information content (AvgIpc) is 2.69. The maximum atomic E-state index is 11.4. The van der Waals surface area contributed by atoms with Gasteiger partial charge in [-0.3, -0.25) is 4.79 Å². The maximum Gasteiger partial charge on any atom is 0.358 e. The van der Waals surface area contributed by atoms with Crippen LogP contribution in [0.25, 0.3) is 0 Å². The molecule has 18 heavy (non-hydrogen) atoms. The van der Waals surface area contributed by atoms with Gasteiger partial charge in [0.15, 0.2) is 5.69 Å². The lowest BCUT2D eigenvalue weighted by atomic mass is 10.2. The molecule has 0 fully saturated rings. The highest BCUT2D eigenvalue weighted by Crippen LogP contribution is 2.07. The minimum atomic E-state index is -1.14. The van der Waals surface area contributed by atoms with Gasteiger partial charge in [-0.1, -0.05) is 5.21 Å². The molecule has 1 aromatic rings. The van der Waals surface area contributed by atoms with Crippen LogP contribution in [0.2, 0.25) is 0 Å². The van der Waals surface area contributed by atoms with Gasteiger partial charge in [0.25, 0.3) is 0 Å². The second-order valence-corrected chi connectivity index (χ2v) is 3.99. The summed E-state index contributed by atoms with van der Waals surface area (Å²) in [5.41, 5.74) is 5.78. The fraction of sp³-hybridized carbons (Fsp3) is 0.600. The number of nitrogens with zero attached hydrogens (tertiary/aromatic N) is 4. The van der Waals surface area contributed by atoms with Crippen LogP contribution in [0, 0.1) is 0 Å². The standard InChI is InChI=1S/C10H17N5O3/c1-14(2)8(16)4-6-15-7(3-5-11)9(10(17)18)12-13-15/h3-6,11H2,1-2H3,(H,17,18). The number of carbonyl (C=O) groups excluding carboxylic acids is 1. The zero-order chi connectivity index (χ0) is 13.7. The number of aromatic nitrogens is 3. The van der Waals surface area contributed by atoms with Gasteiger partial charge < -0.3 is 15.7 Å². The highest BCUT2D eigenvalue weighted by Gasteiger charge is 2.18. The van der Waals surface area contributed by atoms with Crippen LogP contribution in [0.1, 0.15) is 22.6 Å². The maximum absolute atomic E-state index is 11.4. The Balaban J connectivity index is 2.82. The summed E-state index contributed by atoms with van der Waals surface area (Å²) in [6.45, 7) is 0.599. The van der Waals surface area contributed by atoms with Crippen molar-refractivity contribution < 1.29 is 14.7 Å². The lowest BCUT2D eigenvalue weighted by Gasteiger charge is -2.10. The van der Waals surface area contributed by atoms with Crippen molar-refractivity contribution in [2.45, 2.75) is 19.4 Å². The summed E-state index contributed by atoms with van der Waals surface area (Å²) in [6, 6.07) is 0. The quantitative estimate of drug-likeness (QED) is 0.670. The van der Waals surface area contributed by atoms with Crippen LogP contribution in [-0.4, -0.2) is 57.5 Å². The molecule has 3 N–H and O–H groups in total. The molecule has 0 radical (unpaired) electrons. The molecule has 0 spiro atoms. The number of rotatable bonds is 6. The number of carboxylic acids is 1. The van der Waals surface area contributed by atoms with E-state index in [0.717, 1.165) is 0 Å². The molecule has 0 aromatic carbocycles. The summed E-state index contributed by atoms with van der Waals surface area (Å²) in [5, 5.41) is 16.3. The van der Waals surface area contributed by atoms with Crippen molar-refractivity contribution in [2.75, 3.05) is 20.6 Å². The molecule has 1 aromatic heterocycles. The number of amides is 1. The lowest BCUT2D eigenvalue weighted by Crippen LogP contribution is -2.24. The second kappa shape index (κ2) is 6.10. The first-order valence-electron chi connectivity index (χ1n) is 5.53. The van der Waals surface area contributed by atoms with E-state index in [1.807, 2.05) is 0 Å². The smallest absolute Gasteiger partial charge is 0.358 e. The molecule has 0 atom stereocenters. The molecule has 0 unspecified atom stereocenters. The predicted octanol–water partition coefficient (Wildman–Crippen LogP) is -1.04. The van der Waals surface area contributed by atoms with Gasteiger partial charge in [-0.05, 0) is 6.54 Å². The molecular formula is C10H17N5O3. The summed E-state index contributed by atoms with van der Waals surface area (Å²) < 4.78 is 1.43. The van der Waals surface area contributed by atoms with Crippen LogP contribution in [0.4, 0.5) is 0 Å². The topological polar surface area (TPSA) is 114 Å². The van der Waals surface area contributed by atoms with Crippen LogP contribution < -0.4 is 5.73 Å². The van der Waals surface area contributed by atoms with Gasteiger partial charge >= 0.3 is 5.97 Å². The molecule has 1 heterocycles. The van der Waals surface area contributed by atoms with Crippen molar-refractivity contribution in [1.29, 1.82) is 0 Å². The minimum absolute atomic E-state index is 0.0546. The summed E-state index contributed by atoms with van der Waals surface area (Å²) in [7, 11) is 3.32. The SMILES string of the molecule is CN(C)C(=O)CCn1nnc(C(=O)O)c1CCN. The third-order valence-electron chi connectivity index (χ3n) is 2.46. The molecule has 0 aliphatic carbocycles. The molecule has 8 nitrogen and oxygen atoms in total. The van der Waals surface area contributed by atoms with E-state index in [0.29, 0.717) is 25.2 Å². The lowest BCUT2D eigenvalue weighted by molar-refractivity contribution is -0.128. The van der Waals surface area contributed by atoms with Crippen LogP contribution in [0.5, 0.6) is 0 Å². The van der Waals surface area contributed by atoms with Gasteiger partial charge in [-0.2, -0.15) is 0 Å². The van der Waals surface area contributed by atoms with E-state index < -0.39 is 5.97 Å². The number of nitrogens with two attached hydrogens (primary N) is 1. The molecule has 0 saturated heterocycles. The highest BCUT2D eigenvalue weighted by molar-refractivity contribution is 5.86. The second-order valence-electron chi connectivity index (χ2n) is 3.99. The van der Waals surface area contributed by atoms with Crippen LogP contribution in [-0.2, 0) is 17.8 Å². The number of aryl methyl sites for hydroxylation is 1.